The monoisotopic (exact) mass is 305 g/mol. The van der Waals surface area contributed by atoms with Crippen LogP contribution in [0, 0.1) is 0 Å². The van der Waals surface area contributed by atoms with E-state index >= 15 is 0 Å². The molecule has 6 heteroatoms. The maximum Gasteiger partial charge on any atom is 0.329 e. The summed E-state index contributed by atoms with van der Waals surface area (Å²) in [5.74, 6) is -1.33. The van der Waals surface area contributed by atoms with E-state index in [9.17, 15) is 14.7 Å². The lowest BCUT2D eigenvalue weighted by Crippen LogP contribution is -2.57. The predicted octanol–water partition coefficient (Wildman–Crippen LogP) is 2.26. The largest absolute Gasteiger partial charge is 0.480 e. The molecule has 0 aliphatic carbocycles. The zero-order valence-electron chi connectivity index (χ0n) is 11.3. The van der Waals surface area contributed by atoms with Crippen LogP contribution in [0.1, 0.15) is 22.5 Å². The van der Waals surface area contributed by atoms with Crippen molar-refractivity contribution in [3.05, 3.63) is 35.2 Å². The molecule has 1 saturated heterocycles. The molecule has 0 saturated carbocycles. The summed E-state index contributed by atoms with van der Waals surface area (Å²) in [6.45, 7) is 0.692. The number of benzene rings is 1. The van der Waals surface area contributed by atoms with Crippen molar-refractivity contribution in [1.82, 2.24) is 5.32 Å². The van der Waals surface area contributed by atoms with E-state index in [1.54, 1.807) is 6.07 Å². The average molecular weight is 305 g/mol. The molecule has 0 bridgehead atoms. The smallest absolute Gasteiger partial charge is 0.329 e. The number of carbonyl (C=O) groups is 2. The van der Waals surface area contributed by atoms with Crippen LogP contribution in [0.25, 0.3) is 10.1 Å². The highest BCUT2D eigenvalue weighted by Crippen LogP contribution is 2.27. The molecule has 1 amide bonds. The van der Waals surface area contributed by atoms with Crippen LogP contribution in [0.2, 0.25) is 0 Å². The summed E-state index contributed by atoms with van der Waals surface area (Å²) in [6, 6.07) is 9.50. The van der Waals surface area contributed by atoms with E-state index in [0.29, 0.717) is 30.9 Å². The Balaban J connectivity index is 1.85. The molecule has 110 valence electrons. The van der Waals surface area contributed by atoms with Crippen molar-refractivity contribution in [2.24, 2.45) is 0 Å². The number of carbonyl (C=O) groups excluding carboxylic acids is 1. The number of carboxylic acids is 1. The minimum atomic E-state index is -1.22. The number of fused-ring (bicyclic) bond motifs is 1. The SMILES string of the molecule is O=C(NC1(C(=O)O)CCOCC1)c1cc2ccccc2s1. The van der Waals surface area contributed by atoms with E-state index in [1.807, 2.05) is 24.3 Å². The molecular weight excluding hydrogens is 290 g/mol. The van der Waals surface area contributed by atoms with Crippen molar-refractivity contribution < 1.29 is 19.4 Å². The van der Waals surface area contributed by atoms with E-state index in [-0.39, 0.29) is 5.91 Å². The van der Waals surface area contributed by atoms with Gasteiger partial charge in [-0.05, 0) is 17.5 Å². The number of ether oxygens (including phenoxy) is 1. The standard InChI is InChI=1S/C15H15NO4S/c17-13(12-9-10-3-1-2-4-11(10)21-12)16-15(14(18)19)5-7-20-8-6-15/h1-4,9H,5-8H2,(H,16,17)(H,18,19). The van der Waals surface area contributed by atoms with Gasteiger partial charge in [0, 0.05) is 30.8 Å². The summed E-state index contributed by atoms with van der Waals surface area (Å²) in [7, 11) is 0. The Morgan fingerprint density at radius 2 is 1.95 bits per heavy atom. The zero-order chi connectivity index (χ0) is 14.9. The molecule has 2 aromatic rings. The van der Waals surface area contributed by atoms with Gasteiger partial charge in [0.15, 0.2) is 0 Å². The van der Waals surface area contributed by atoms with Gasteiger partial charge in [-0.25, -0.2) is 4.79 Å². The molecule has 5 nitrogen and oxygen atoms in total. The topological polar surface area (TPSA) is 75.6 Å². The van der Waals surface area contributed by atoms with Crippen molar-refractivity contribution in [3.63, 3.8) is 0 Å². The van der Waals surface area contributed by atoms with Crippen LogP contribution in [0.4, 0.5) is 0 Å². The van der Waals surface area contributed by atoms with Gasteiger partial charge < -0.3 is 15.2 Å². The molecule has 0 spiro atoms. The summed E-state index contributed by atoms with van der Waals surface area (Å²) in [6.07, 6.45) is 0.581. The third-order valence-electron chi connectivity index (χ3n) is 3.76. The average Bonchev–Trinajstić information content (AvgIpc) is 2.92. The van der Waals surface area contributed by atoms with E-state index in [4.69, 9.17) is 4.74 Å². The Morgan fingerprint density at radius 3 is 2.62 bits per heavy atom. The van der Waals surface area contributed by atoms with Crippen LogP contribution in [-0.2, 0) is 9.53 Å². The highest BCUT2D eigenvalue weighted by Gasteiger charge is 2.41. The van der Waals surface area contributed by atoms with E-state index < -0.39 is 11.5 Å². The maximum atomic E-state index is 12.4. The molecule has 1 aromatic carbocycles. The molecule has 0 atom stereocenters. The first kappa shape index (κ1) is 14.0. The van der Waals surface area contributed by atoms with E-state index in [0.717, 1.165) is 10.1 Å². The van der Waals surface area contributed by atoms with Crippen molar-refractivity contribution in [3.8, 4) is 0 Å². The molecule has 2 heterocycles. The van der Waals surface area contributed by atoms with Gasteiger partial charge >= 0.3 is 5.97 Å². The number of carboxylic acid groups (broad SMARTS) is 1. The van der Waals surface area contributed by atoms with Crippen molar-refractivity contribution in [2.75, 3.05) is 13.2 Å². The number of amides is 1. The number of rotatable bonds is 3. The van der Waals surface area contributed by atoms with Crippen LogP contribution in [0.15, 0.2) is 30.3 Å². The van der Waals surface area contributed by atoms with Crippen LogP contribution in [0.5, 0.6) is 0 Å². The fourth-order valence-electron chi connectivity index (χ4n) is 2.48. The second kappa shape index (κ2) is 5.46. The highest BCUT2D eigenvalue weighted by atomic mass is 32.1. The van der Waals surface area contributed by atoms with Crippen molar-refractivity contribution >= 4 is 33.3 Å². The number of thiophene rings is 1. The first-order valence-corrected chi connectivity index (χ1v) is 7.55. The fraction of sp³-hybridized carbons (Fsp3) is 0.333. The van der Waals surface area contributed by atoms with Crippen LogP contribution >= 0.6 is 11.3 Å². The zero-order valence-corrected chi connectivity index (χ0v) is 12.1. The minimum absolute atomic E-state index is 0.291. The Hall–Kier alpha value is -1.92. The Kier molecular flexibility index (Phi) is 3.65. The number of hydrogen-bond donors (Lipinski definition) is 2. The molecule has 3 rings (SSSR count). The summed E-state index contributed by atoms with van der Waals surface area (Å²) < 4.78 is 6.21. The van der Waals surface area contributed by atoms with Gasteiger partial charge in [0.05, 0.1) is 4.88 Å². The number of nitrogens with one attached hydrogen (secondary N) is 1. The Labute approximate surface area is 125 Å². The normalized spacial score (nSPS) is 17.5. The quantitative estimate of drug-likeness (QED) is 0.912. The second-order valence-electron chi connectivity index (χ2n) is 5.10. The van der Waals surface area contributed by atoms with Gasteiger partial charge in [-0.1, -0.05) is 18.2 Å². The number of aliphatic carboxylic acids is 1. The van der Waals surface area contributed by atoms with Gasteiger partial charge in [0.25, 0.3) is 5.91 Å². The Bertz CT molecular complexity index is 655. The molecule has 1 aromatic heterocycles. The lowest BCUT2D eigenvalue weighted by molar-refractivity contribution is -0.148. The van der Waals surface area contributed by atoms with Gasteiger partial charge in [-0.2, -0.15) is 0 Å². The van der Waals surface area contributed by atoms with Crippen LogP contribution in [-0.4, -0.2) is 35.7 Å². The summed E-state index contributed by atoms with van der Waals surface area (Å²) >= 11 is 1.37. The molecule has 1 aliphatic rings. The first-order valence-electron chi connectivity index (χ1n) is 6.73. The molecule has 0 radical (unpaired) electrons. The van der Waals surface area contributed by atoms with Crippen LogP contribution in [0.3, 0.4) is 0 Å². The molecule has 0 unspecified atom stereocenters. The fourth-order valence-corrected chi connectivity index (χ4v) is 3.44. The second-order valence-corrected chi connectivity index (χ2v) is 6.19. The molecule has 21 heavy (non-hydrogen) atoms. The minimum Gasteiger partial charge on any atom is -0.480 e. The van der Waals surface area contributed by atoms with Crippen molar-refractivity contribution in [1.29, 1.82) is 0 Å². The lowest BCUT2D eigenvalue weighted by atomic mass is 9.90. The molecule has 1 aliphatic heterocycles. The van der Waals surface area contributed by atoms with Gasteiger partial charge in [-0.15, -0.1) is 11.3 Å². The summed E-state index contributed by atoms with van der Waals surface area (Å²) in [4.78, 5) is 24.5. The predicted molar refractivity (Wildman–Crippen MR) is 79.7 cm³/mol. The lowest BCUT2D eigenvalue weighted by Gasteiger charge is -2.33. The molecule has 2 N–H and O–H groups in total. The maximum absolute atomic E-state index is 12.4. The van der Waals surface area contributed by atoms with Gasteiger partial charge in [0.2, 0.25) is 0 Å². The summed E-state index contributed by atoms with van der Waals surface area (Å²) in [5, 5.41) is 13.1. The van der Waals surface area contributed by atoms with Gasteiger partial charge in [-0.3, -0.25) is 4.79 Å². The van der Waals surface area contributed by atoms with Crippen molar-refractivity contribution in [2.45, 2.75) is 18.4 Å². The third-order valence-corrected chi connectivity index (χ3v) is 4.87. The highest BCUT2D eigenvalue weighted by molar-refractivity contribution is 7.20. The number of hydrogen-bond acceptors (Lipinski definition) is 4. The molecular formula is C15H15NO4S. The van der Waals surface area contributed by atoms with E-state index in [1.165, 1.54) is 11.3 Å². The Morgan fingerprint density at radius 1 is 1.24 bits per heavy atom. The third kappa shape index (κ3) is 2.64. The first-order chi connectivity index (χ1) is 10.1. The molecule has 1 fully saturated rings. The van der Waals surface area contributed by atoms with Gasteiger partial charge in [0.1, 0.15) is 5.54 Å². The summed E-state index contributed by atoms with van der Waals surface area (Å²) in [5.41, 5.74) is -1.22. The van der Waals surface area contributed by atoms with E-state index in [2.05, 4.69) is 5.32 Å². The van der Waals surface area contributed by atoms with Crippen LogP contribution < -0.4 is 5.32 Å².